The average Bonchev–Trinajstić information content (AvgIpc) is 1.83. The fraction of sp³-hybridized carbons (Fsp3) is 0.500. The van der Waals surface area contributed by atoms with Crippen molar-refractivity contribution in [3.63, 3.8) is 0 Å². The van der Waals surface area contributed by atoms with Crippen molar-refractivity contribution in [3.8, 4) is 0 Å². The van der Waals surface area contributed by atoms with Gasteiger partial charge in [0.2, 0.25) is 0 Å². The quantitative estimate of drug-likeness (QED) is 0.406. The molecule has 0 amide bonds. The van der Waals surface area contributed by atoms with E-state index in [-0.39, 0.29) is 5.97 Å². The molecule has 0 aliphatic heterocycles. The number of carbonyl (C=O) groups excluding carboxylic acids is 1. The van der Waals surface area contributed by atoms with Gasteiger partial charge in [-0.2, -0.15) is 0 Å². The number of ether oxygens (including phenoxy) is 1. The van der Waals surface area contributed by atoms with Crippen LogP contribution in [0.3, 0.4) is 0 Å². The lowest BCUT2D eigenvalue weighted by atomic mass is 10.3. The topological polar surface area (TPSA) is 26.3 Å². The predicted octanol–water partition coefficient (Wildman–Crippen LogP) is 1.13. The third-order valence-electron chi connectivity index (χ3n) is 0.780. The van der Waals surface area contributed by atoms with Crippen LogP contribution < -0.4 is 0 Å². The Morgan fingerprint density at radius 1 is 1.88 bits per heavy atom. The van der Waals surface area contributed by atoms with Crippen molar-refractivity contribution in [3.05, 3.63) is 12.7 Å². The minimum absolute atomic E-state index is 0.176. The summed E-state index contributed by atoms with van der Waals surface area (Å²) in [5, 5.41) is 0. The Bertz CT molecular complexity index is 86.5. The van der Waals surface area contributed by atoms with Crippen LogP contribution in [0, 0.1) is 0 Å². The molecule has 0 N–H and O–H groups in total. The van der Waals surface area contributed by atoms with Crippen molar-refractivity contribution >= 4 is 5.97 Å². The van der Waals surface area contributed by atoms with E-state index in [1.54, 1.807) is 6.08 Å². The molecule has 0 aliphatic rings. The maximum Gasteiger partial charge on any atom is 0.305 e. The van der Waals surface area contributed by atoms with Gasteiger partial charge in [0.25, 0.3) is 0 Å². The zero-order valence-electron chi connectivity index (χ0n) is 5.02. The highest BCUT2D eigenvalue weighted by atomic mass is 16.5. The SMILES string of the molecule is C=CCCC(=O)OC. The van der Waals surface area contributed by atoms with E-state index in [0.717, 1.165) is 0 Å². The molecule has 0 fully saturated rings. The number of carbonyl (C=O) groups is 1. The number of rotatable bonds is 3. The second-order valence-electron chi connectivity index (χ2n) is 1.40. The lowest BCUT2D eigenvalue weighted by Crippen LogP contribution is -1.97. The zero-order chi connectivity index (χ0) is 6.41. The summed E-state index contributed by atoms with van der Waals surface area (Å²) in [4.78, 5) is 10.3. The molecule has 0 unspecified atom stereocenters. The molecular weight excluding hydrogens is 104 g/mol. The molecule has 2 nitrogen and oxygen atoms in total. The highest BCUT2D eigenvalue weighted by Crippen LogP contribution is 1.89. The van der Waals surface area contributed by atoms with E-state index in [1.165, 1.54) is 7.11 Å². The highest BCUT2D eigenvalue weighted by Gasteiger charge is 1.93. The molecule has 0 atom stereocenters. The summed E-state index contributed by atoms with van der Waals surface area (Å²) in [7, 11) is 1.38. The van der Waals surface area contributed by atoms with E-state index in [4.69, 9.17) is 0 Å². The van der Waals surface area contributed by atoms with Gasteiger partial charge in [0, 0.05) is 6.42 Å². The molecule has 0 rings (SSSR count). The van der Waals surface area contributed by atoms with Crippen molar-refractivity contribution < 1.29 is 9.53 Å². The maximum absolute atomic E-state index is 10.3. The van der Waals surface area contributed by atoms with Gasteiger partial charge in [0.05, 0.1) is 7.11 Å². The van der Waals surface area contributed by atoms with Crippen molar-refractivity contribution in [2.45, 2.75) is 12.8 Å². The summed E-state index contributed by atoms with van der Waals surface area (Å²) < 4.78 is 4.37. The lowest BCUT2D eigenvalue weighted by Gasteiger charge is -1.91. The second kappa shape index (κ2) is 4.37. The molecule has 0 heterocycles. The van der Waals surface area contributed by atoms with Crippen LogP contribution in [0.1, 0.15) is 12.8 Å². The van der Waals surface area contributed by atoms with Crippen LogP contribution in [0.2, 0.25) is 0 Å². The Balaban J connectivity index is 3.11. The summed E-state index contributed by atoms with van der Waals surface area (Å²) in [6, 6.07) is 0. The predicted molar refractivity (Wildman–Crippen MR) is 31.4 cm³/mol. The molecule has 8 heavy (non-hydrogen) atoms. The lowest BCUT2D eigenvalue weighted by molar-refractivity contribution is -0.140. The Hall–Kier alpha value is -0.790. The maximum atomic E-state index is 10.3. The van der Waals surface area contributed by atoms with Gasteiger partial charge < -0.3 is 4.74 Å². The van der Waals surface area contributed by atoms with E-state index in [2.05, 4.69) is 11.3 Å². The summed E-state index contributed by atoms with van der Waals surface area (Å²) in [5.74, 6) is -0.176. The zero-order valence-corrected chi connectivity index (χ0v) is 5.02. The molecule has 2 heteroatoms. The first kappa shape index (κ1) is 7.21. The number of hydrogen-bond donors (Lipinski definition) is 0. The Morgan fingerprint density at radius 3 is 2.88 bits per heavy atom. The van der Waals surface area contributed by atoms with E-state index in [1.807, 2.05) is 0 Å². The van der Waals surface area contributed by atoms with Gasteiger partial charge in [0.1, 0.15) is 0 Å². The Kier molecular flexibility index (Phi) is 3.94. The number of hydrogen-bond acceptors (Lipinski definition) is 2. The van der Waals surface area contributed by atoms with E-state index >= 15 is 0 Å². The molecule has 0 saturated carbocycles. The van der Waals surface area contributed by atoms with Crippen molar-refractivity contribution in [2.24, 2.45) is 0 Å². The first-order chi connectivity index (χ1) is 3.81. The molecule has 0 radical (unpaired) electrons. The molecule has 0 saturated heterocycles. The number of esters is 1. The second-order valence-corrected chi connectivity index (χ2v) is 1.40. The van der Waals surface area contributed by atoms with E-state index in [9.17, 15) is 4.79 Å². The molecule has 0 bridgehead atoms. The largest absolute Gasteiger partial charge is 0.469 e. The monoisotopic (exact) mass is 114 g/mol. The molecule has 0 aromatic rings. The average molecular weight is 114 g/mol. The van der Waals surface area contributed by atoms with Gasteiger partial charge in [-0.25, -0.2) is 0 Å². The normalized spacial score (nSPS) is 8.12. The van der Waals surface area contributed by atoms with E-state index in [0.29, 0.717) is 12.8 Å². The van der Waals surface area contributed by atoms with Crippen molar-refractivity contribution in [1.29, 1.82) is 0 Å². The minimum atomic E-state index is -0.176. The van der Waals surface area contributed by atoms with Crippen LogP contribution in [0.25, 0.3) is 0 Å². The van der Waals surface area contributed by atoms with Crippen molar-refractivity contribution in [1.82, 2.24) is 0 Å². The third kappa shape index (κ3) is 3.40. The van der Waals surface area contributed by atoms with Crippen LogP contribution in [0.15, 0.2) is 12.7 Å². The number of allylic oxidation sites excluding steroid dienone is 1. The van der Waals surface area contributed by atoms with Gasteiger partial charge in [0.15, 0.2) is 0 Å². The first-order valence-electron chi connectivity index (χ1n) is 2.49. The number of methoxy groups -OCH3 is 1. The molecule has 0 aromatic heterocycles. The van der Waals surface area contributed by atoms with Gasteiger partial charge in [-0.3, -0.25) is 4.79 Å². The smallest absolute Gasteiger partial charge is 0.305 e. The van der Waals surface area contributed by atoms with Crippen LogP contribution in [-0.2, 0) is 9.53 Å². The van der Waals surface area contributed by atoms with E-state index < -0.39 is 0 Å². The van der Waals surface area contributed by atoms with Crippen molar-refractivity contribution in [2.75, 3.05) is 7.11 Å². The van der Waals surface area contributed by atoms with Crippen LogP contribution in [-0.4, -0.2) is 13.1 Å². The highest BCUT2D eigenvalue weighted by molar-refractivity contribution is 5.69. The Morgan fingerprint density at radius 2 is 2.50 bits per heavy atom. The fourth-order valence-electron chi connectivity index (χ4n) is 0.322. The van der Waals surface area contributed by atoms with Gasteiger partial charge in [-0.05, 0) is 6.42 Å². The van der Waals surface area contributed by atoms with Gasteiger partial charge in [-0.1, -0.05) is 6.08 Å². The molecule has 0 spiro atoms. The van der Waals surface area contributed by atoms with Crippen LogP contribution in [0.5, 0.6) is 0 Å². The molecule has 46 valence electrons. The summed E-state index contributed by atoms with van der Waals surface area (Å²) in [5.41, 5.74) is 0. The third-order valence-corrected chi connectivity index (χ3v) is 0.780. The Labute approximate surface area is 49.1 Å². The van der Waals surface area contributed by atoms with Gasteiger partial charge >= 0.3 is 5.97 Å². The summed E-state index contributed by atoms with van der Waals surface area (Å²) in [6.45, 7) is 3.46. The summed E-state index contributed by atoms with van der Waals surface area (Å²) >= 11 is 0. The minimum Gasteiger partial charge on any atom is -0.469 e. The first-order valence-corrected chi connectivity index (χ1v) is 2.49. The standard InChI is InChI=1S/C6H10O2/c1-3-4-5-6(7)8-2/h3H,1,4-5H2,2H3. The fourth-order valence-corrected chi connectivity index (χ4v) is 0.322. The molecular formula is C6H10O2. The molecule has 0 aliphatic carbocycles. The van der Waals surface area contributed by atoms with Crippen LogP contribution >= 0.6 is 0 Å². The van der Waals surface area contributed by atoms with Crippen LogP contribution in [0.4, 0.5) is 0 Å². The van der Waals surface area contributed by atoms with Gasteiger partial charge in [-0.15, -0.1) is 6.58 Å². The molecule has 0 aromatic carbocycles. The summed E-state index contributed by atoms with van der Waals surface area (Å²) in [6.07, 6.45) is 2.84.